The fraction of sp³-hybridized carbons (Fsp3) is 0.750. The highest BCUT2D eigenvalue weighted by Gasteiger charge is 2.52. The SMILES string of the molecule is CC1=CCC2OC2(C)C1. The van der Waals surface area contributed by atoms with Crippen molar-refractivity contribution in [1.82, 2.24) is 0 Å². The molecule has 0 aromatic rings. The Balaban J connectivity index is 2.17. The van der Waals surface area contributed by atoms with Crippen LogP contribution in [0.15, 0.2) is 11.6 Å². The third kappa shape index (κ3) is 0.715. The lowest BCUT2D eigenvalue weighted by atomic mass is 9.91. The zero-order chi connectivity index (χ0) is 6.48. The second-order valence-electron chi connectivity index (χ2n) is 3.38. The molecule has 2 unspecified atom stereocenters. The third-order valence-electron chi connectivity index (χ3n) is 2.35. The van der Waals surface area contributed by atoms with E-state index in [2.05, 4.69) is 19.9 Å². The number of hydrogen-bond acceptors (Lipinski definition) is 1. The Labute approximate surface area is 55.7 Å². The first-order valence-corrected chi connectivity index (χ1v) is 3.54. The quantitative estimate of drug-likeness (QED) is 0.355. The summed E-state index contributed by atoms with van der Waals surface area (Å²) in [6.45, 7) is 4.39. The molecule has 1 nitrogen and oxygen atoms in total. The van der Waals surface area contributed by atoms with Crippen molar-refractivity contribution >= 4 is 0 Å². The summed E-state index contributed by atoms with van der Waals surface area (Å²) < 4.78 is 5.48. The molecule has 9 heavy (non-hydrogen) atoms. The standard InChI is InChI=1S/C8H12O/c1-6-3-4-7-8(2,5-6)9-7/h3,7H,4-5H2,1-2H3. The summed E-state index contributed by atoms with van der Waals surface area (Å²) in [5.41, 5.74) is 1.74. The lowest BCUT2D eigenvalue weighted by Gasteiger charge is -2.10. The van der Waals surface area contributed by atoms with Gasteiger partial charge in [-0.3, -0.25) is 0 Å². The Morgan fingerprint density at radius 3 is 3.11 bits per heavy atom. The summed E-state index contributed by atoms with van der Waals surface area (Å²) in [4.78, 5) is 0. The van der Waals surface area contributed by atoms with Crippen molar-refractivity contribution in [2.45, 2.75) is 38.4 Å². The summed E-state index contributed by atoms with van der Waals surface area (Å²) in [7, 11) is 0. The van der Waals surface area contributed by atoms with Crippen molar-refractivity contribution in [3.8, 4) is 0 Å². The van der Waals surface area contributed by atoms with Crippen LogP contribution >= 0.6 is 0 Å². The molecular weight excluding hydrogens is 112 g/mol. The molecule has 0 aromatic heterocycles. The molecule has 2 atom stereocenters. The van der Waals surface area contributed by atoms with E-state index < -0.39 is 0 Å². The maximum atomic E-state index is 5.48. The Bertz CT molecular complexity index is 171. The molecule has 2 aliphatic rings. The predicted molar refractivity (Wildman–Crippen MR) is 36.3 cm³/mol. The Morgan fingerprint density at radius 1 is 1.78 bits per heavy atom. The van der Waals surface area contributed by atoms with Crippen LogP contribution in [0.4, 0.5) is 0 Å². The average molecular weight is 124 g/mol. The van der Waals surface area contributed by atoms with Crippen molar-refractivity contribution < 1.29 is 4.74 Å². The van der Waals surface area contributed by atoms with Crippen LogP contribution in [0.2, 0.25) is 0 Å². The van der Waals surface area contributed by atoms with E-state index in [-0.39, 0.29) is 5.60 Å². The van der Waals surface area contributed by atoms with Gasteiger partial charge in [-0.25, -0.2) is 0 Å². The first kappa shape index (κ1) is 5.48. The molecule has 0 spiro atoms. The van der Waals surface area contributed by atoms with Crippen LogP contribution in [-0.2, 0) is 4.74 Å². The van der Waals surface area contributed by atoms with Gasteiger partial charge in [0.25, 0.3) is 0 Å². The lowest BCUT2D eigenvalue weighted by molar-refractivity contribution is 0.311. The molecule has 0 bridgehead atoms. The summed E-state index contributed by atoms with van der Waals surface area (Å²) in [6.07, 6.45) is 5.14. The molecule has 1 saturated heterocycles. The predicted octanol–water partition coefficient (Wildman–Crippen LogP) is 1.88. The Morgan fingerprint density at radius 2 is 2.56 bits per heavy atom. The molecule has 0 aromatic carbocycles. The molecule has 0 N–H and O–H groups in total. The van der Waals surface area contributed by atoms with E-state index in [1.165, 1.54) is 5.57 Å². The fourth-order valence-corrected chi connectivity index (χ4v) is 1.68. The number of epoxide rings is 1. The minimum atomic E-state index is 0.249. The van der Waals surface area contributed by atoms with Gasteiger partial charge in [0.15, 0.2) is 0 Å². The fourth-order valence-electron chi connectivity index (χ4n) is 1.68. The van der Waals surface area contributed by atoms with Gasteiger partial charge < -0.3 is 4.74 Å². The third-order valence-corrected chi connectivity index (χ3v) is 2.35. The highest BCUT2D eigenvalue weighted by Crippen LogP contribution is 2.46. The Kier molecular flexibility index (Phi) is 0.854. The van der Waals surface area contributed by atoms with Crippen LogP contribution in [0.3, 0.4) is 0 Å². The van der Waals surface area contributed by atoms with Crippen molar-refractivity contribution in [2.75, 3.05) is 0 Å². The molecule has 1 aliphatic carbocycles. The topological polar surface area (TPSA) is 12.5 Å². The van der Waals surface area contributed by atoms with E-state index in [4.69, 9.17) is 4.74 Å². The van der Waals surface area contributed by atoms with Gasteiger partial charge >= 0.3 is 0 Å². The highest BCUT2D eigenvalue weighted by atomic mass is 16.6. The smallest absolute Gasteiger partial charge is 0.0960 e. The van der Waals surface area contributed by atoms with Crippen molar-refractivity contribution in [1.29, 1.82) is 0 Å². The van der Waals surface area contributed by atoms with Gasteiger partial charge in [0.05, 0.1) is 11.7 Å². The number of rotatable bonds is 0. The minimum Gasteiger partial charge on any atom is -0.366 e. The van der Waals surface area contributed by atoms with Crippen LogP contribution in [-0.4, -0.2) is 11.7 Å². The van der Waals surface area contributed by atoms with Crippen molar-refractivity contribution in [3.05, 3.63) is 11.6 Å². The molecule has 1 aliphatic heterocycles. The highest BCUT2D eigenvalue weighted by molar-refractivity contribution is 5.18. The van der Waals surface area contributed by atoms with Crippen LogP contribution < -0.4 is 0 Å². The van der Waals surface area contributed by atoms with Crippen LogP contribution in [0.25, 0.3) is 0 Å². The number of fused-ring (bicyclic) bond motifs is 1. The van der Waals surface area contributed by atoms with E-state index in [0.29, 0.717) is 6.10 Å². The van der Waals surface area contributed by atoms with Crippen LogP contribution in [0.1, 0.15) is 26.7 Å². The summed E-state index contributed by atoms with van der Waals surface area (Å²) in [6, 6.07) is 0. The number of hydrogen-bond donors (Lipinski definition) is 0. The maximum absolute atomic E-state index is 5.48. The maximum Gasteiger partial charge on any atom is 0.0960 e. The average Bonchev–Trinajstić information content (AvgIpc) is 2.38. The van der Waals surface area contributed by atoms with Gasteiger partial charge in [-0.05, 0) is 26.7 Å². The van der Waals surface area contributed by atoms with Crippen LogP contribution in [0, 0.1) is 0 Å². The lowest BCUT2D eigenvalue weighted by Crippen LogP contribution is -2.13. The van der Waals surface area contributed by atoms with Crippen molar-refractivity contribution in [2.24, 2.45) is 0 Å². The Hall–Kier alpha value is -0.300. The largest absolute Gasteiger partial charge is 0.366 e. The molecule has 0 radical (unpaired) electrons. The summed E-state index contributed by atoms with van der Waals surface area (Å²) in [5, 5.41) is 0. The van der Waals surface area contributed by atoms with E-state index in [1.807, 2.05) is 0 Å². The zero-order valence-corrected chi connectivity index (χ0v) is 5.98. The molecule has 1 fully saturated rings. The van der Waals surface area contributed by atoms with Gasteiger partial charge in [-0.1, -0.05) is 11.6 Å². The first-order valence-electron chi connectivity index (χ1n) is 3.54. The monoisotopic (exact) mass is 124 g/mol. The molecule has 0 amide bonds. The summed E-state index contributed by atoms with van der Waals surface area (Å²) in [5.74, 6) is 0. The van der Waals surface area contributed by atoms with Gasteiger partial charge in [-0.15, -0.1) is 0 Å². The van der Waals surface area contributed by atoms with Gasteiger partial charge in [0, 0.05) is 0 Å². The van der Waals surface area contributed by atoms with Gasteiger partial charge in [-0.2, -0.15) is 0 Å². The molecule has 2 rings (SSSR count). The van der Waals surface area contributed by atoms with E-state index in [9.17, 15) is 0 Å². The first-order chi connectivity index (χ1) is 4.21. The summed E-state index contributed by atoms with van der Waals surface area (Å²) >= 11 is 0. The normalized spacial score (nSPS) is 47.8. The van der Waals surface area contributed by atoms with Gasteiger partial charge in [0.1, 0.15) is 0 Å². The molecule has 1 heteroatoms. The zero-order valence-electron chi connectivity index (χ0n) is 5.98. The second-order valence-corrected chi connectivity index (χ2v) is 3.38. The number of ether oxygens (including phenoxy) is 1. The van der Waals surface area contributed by atoms with Crippen molar-refractivity contribution in [3.63, 3.8) is 0 Å². The van der Waals surface area contributed by atoms with Crippen LogP contribution in [0.5, 0.6) is 0 Å². The van der Waals surface area contributed by atoms with Gasteiger partial charge in [0.2, 0.25) is 0 Å². The van der Waals surface area contributed by atoms with E-state index >= 15 is 0 Å². The van der Waals surface area contributed by atoms with E-state index in [1.54, 1.807) is 0 Å². The molecule has 50 valence electrons. The second kappa shape index (κ2) is 1.40. The minimum absolute atomic E-state index is 0.249. The molecule has 1 heterocycles. The molecule has 0 saturated carbocycles. The van der Waals surface area contributed by atoms with E-state index in [0.717, 1.165) is 12.8 Å². The molecular formula is C8H12O.